The van der Waals surface area contributed by atoms with E-state index in [1.54, 1.807) is 72.8 Å². The Hall–Kier alpha value is -2.28. The SMILES string of the molecule is O=S(=O)(F)O[Si](c1ccccc1)(c1ccccc1)c1ccccc1. The third kappa shape index (κ3) is 3.30. The molecule has 122 valence electrons. The second-order valence-electron chi connectivity index (χ2n) is 5.26. The van der Waals surface area contributed by atoms with Crippen LogP contribution >= 0.6 is 0 Å². The van der Waals surface area contributed by atoms with Crippen LogP contribution in [0.2, 0.25) is 0 Å². The quantitative estimate of drug-likeness (QED) is 0.397. The maximum Gasteiger partial charge on any atom is 0.428 e. The topological polar surface area (TPSA) is 43.4 Å². The molecule has 0 N–H and O–H groups in total. The molecule has 0 fully saturated rings. The third-order valence-corrected chi connectivity index (χ3v) is 9.00. The summed E-state index contributed by atoms with van der Waals surface area (Å²) in [4.78, 5) is 0. The summed E-state index contributed by atoms with van der Waals surface area (Å²) in [5, 5.41) is 1.97. The molecule has 0 bridgehead atoms. The number of benzene rings is 3. The van der Waals surface area contributed by atoms with Crippen molar-refractivity contribution in [1.82, 2.24) is 0 Å². The molecule has 0 atom stereocenters. The van der Waals surface area contributed by atoms with Gasteiger partial charge in [0.15, 0.2) is 0 Å². The Kier molecular flexibility index (Phi) is 4.61. The lowest BCUT2D eigenvalue weighted by Gasteiger charge is -2.30. The summed E-state index contributed by atoms with van der Waals surface area (Å²) in [6.07, 6.45) is 0. The second kappa shape index (κ2) is 6.68. The lowest BCUT2D eigenvalue weighted by atomic mass is 10.3. The van der Waals surface area contributed by atoms with Crippen LogP contribution in [0.4, 0.5) is 3.89 Å². The molecule has 0 aliphatic rings. The number of hydrogen-bond acceptors (Lipinski definition) is 3. The summed E-state index contributed by atoms with van der Waals surface area (Å²) in [6, 6.07) is 26.9. The van der Waals surface area contributed by atoms with Crippen LogP contribution in [0, 0.1) is 0 Å². The molecule has 0 saturated heterocycles. The van der Waals surface area contributed by atoms with Crippen LogP contribution in [0.5, 0.6) is 0 Å². The first kappa shape index (κ1) is 16.6. The van der Waals surface area contributed by atoms with Gasteiger partial charge in [-0.3, -0.25) is 3.87 Å². The van der Waals surface area contributed by atoms with E-state index in [-0.39, 0.29) is 0 Å². The first-order valence-electron chi connectivity index (χ1n) is 7.34. The fraction of sp³-hybridized carbons (Fsp3) is 0. The summed E-state index contributed by atoms with van der Waals surface area (Å²) < 4.78 is 42.0. The Balaban J connectivity index is 2.37. The lowest BCUT2D eigenvalue weighted by molar-refractivity contribution is 0.446. The highest BCUT2D eigenvalue weighted by molar-refractivity contribution is 7.83. The summed E-state index contributed by atoms with van der Waals surface area (Å²) in [7, 11) is -8.69. The maximum atomic E-state index is 13.7. The van der Waals surface area contributed by atoms with E-state index in [4.69, 9.17) is 3.87 Å². The minimum Gasteiger partial charge on any atom is -0.273 e. The van der Waals surface area contributed by atoms with E-state index < -0.39 is 18.8 Å². The normalized spacial score (nSPS) is 12.0. The number of rotatable bonds is 5. The van der Waals surface area contributed by atoms with Crippen molar-refractivity contribution in [1.29, 1.82) is 0 Å². The molecule has 24 heavy (non-hydrogen) atoms. The predicted molar refractivity (Wildman–Crippen MR) is 95.1 cm³/mol. The summed E-state index contributed by atoms with van der Waals surface area (Å²) in [6.45, 7) is 0. The molecule has 0 spiro atoms. The molecular weight excluding hydrogens is 343 g/mol. The van der Waals surface area contributed by atoms with Gasteiger partial charge in [0.2, 0.25) is 0 Å². The van der Waals surface area contributed by atoms with Crippen molar-refractivity contribution in [2.75, 3.05) is 0 Å². The Bertz CT molecular complexity index is 804. The predicted octanol–water partition coefficient (Wildman–Crippen LogP) is 1.88. The van der Waals surface area contributed by atoms with Gasteiger partial charge in [-0.25, -0.2) is 0 Å². The van der Waals surface area contributed by atoms with Gasteiger partial charge in [0.1, 0.15) is 0 Å². The summed E-state index contributed by atoms with van der Waals surface area (Å²) in [5.74, 6) is 0. The van der Waals surface area contributed by atoms with Crippen molar-refractivity contribution < 1.29 is 16.2 Å². The molecule has 0 radical (unpaired) electrons. The van der Waals surface area contributed by atoms with Crippen LogP contribution < -0.4 is 15.6 Å². The van der Waals surface area contributed by atoms with E-state index in [1.807, 2.05) is 18.2 Å². The zero-order chi connectivity index (χ0) is 17.0. The van der Waals surface area contributed by atoms with Crippen LogP contribution in [0.25, 0.3) is 0 Å². The molecule has 3 nitrogen and oxygen atoms in total. The van der Waals surface area contributed by atoms with E-state index in [9.17, 15) is 12.3 Å². The Morgan fingerprint density at radius 1 is 0.625 bits per heavy atom. The van der Waals surface area contributed by atoms with Crippen molar-refractivity contribution in [3.63, 3.8) is 0 Å². The highest BCUT2D eigenvalue weighted by atomic mass is 32.3. The first-order chi connectivity index (χ1) is 11.5. The van der Waals surface area contributed by atoms with Crippen molar-refractivity contribution in [2.45, 2.75) is 0 Å². The van der Waals surface area contributed by atoms with Crippen LogP contribution in [-0.2, 0) is 14.4 Å². The summed E-state index contributed by atoms with van der Waals surface area (Å²) >= 11 is 0. The van der Waals surface area contributed by atoms with Crippen LogP contribution in [0.1, 0.15) is 0 Å². The standard InChI is InChI=1S/C18H15FO3SSi/c19-23(20,21)22-24(16-10-4-1-5-11-16,17-12-6-2-7-13-17)18-14-8-3-9-15-18/h1-15H. The van der Waals surface area contributed by atoms with Gasteiger partial charge in [-0.1, -0.05) is 94.9 Å². The van der Waals surface area contributed by atoms with E-state index in [2.05, 4.69) is 0 Å². The highest BCUT2D eigenvalue weighted by Crippen LogP contribution is 2.13. The number of halogens is 1. The minimum atomic E-state index is -5.16. The van der Waals surface area contributed by atoms with E-state index in [1.165, 1.54) is 0 Å². The van der Waals surface area contributed by atoms with Gasteiger partial charge < -0.3 is 0 Å². The second-order valence-corrected chi connectivity index (χ2v) is 9.80. The lowest BCUT2D eigenvalue weighted by Crippen LogP contribution is -2.69. The summed E-state index contributed by atoms with van der Waals surface area (Å²) in [5.41, 5.74) is 0. The zero-order valence-electron chi connectivity index (χ0n) is 12.7. The molecule has 0 amide bonds. The van der Waals surface area contributed by atoms with Crippen molar-refractivity contribution >= 4 is 34.4 Å². The molecule has 0 heterocycles. The van der Waals surface area contributed by atoms with Crippen molar-refractivity contribution in [2.24, 2.45) is 0 Å². The molecule has 3 rings (SSSR count). The van der Waals surface area contributed by atoms with Gasteiger partial charge in [-0.05, 0) is 15.6 Å². The molecule has 0 saturated carbocycles. The molecule has 0 aromatic heterocycles. The smallest absolute Gasteiger partial charge is 0.273 e. The maximum absolute atomic E-state index is 13.7. The average molecular weight is 358 g/mol. The van der Waals surface area contributed by atoms with E-state index >= 15 is 0 Å². The van der Waals surface area contributed by atoms with Gasteiger partial charge in [0.25, 0.3) is 0 Å². The first-order valence-corrected chi connectivity index (χ1v) is 10.6. The van der Waals surface area contributed by atoms with Crippen LogP contribution in [0.15, 0.2) is 91.0 Å². The van der Waals surface area contributed by atoms with Gasteiger partial charge >= 0.3 is 18.8 Å². The van der Waals surface area contributed by atoms with Gasteiger partial charge in [-0.2, -0.15) is 8.42 Å². The third-order valence-electron chi connectivity index (χ3n) is 3.77. The van der Waals surface area contributed by atoms with E-state index in [0.29, 0.717) is 15.6 Å². The monoisotopic (exact) mass is 358 g/mol. The fourth-order valence-electron chi connectivity index (χ4n) is 2.81. The van der Waals surface area contributed by atoms with Crippen LogP contribution in [-0.4, -0.2) is 16.7 Å². The van der Waals surface area contributed by atoms with Gasteiger partial charge in [0, 0.05) is 0 Å². The fourth-order valence-corrected chi connectivity index (χ4v) is 8.15. The molecule has 0 aliphatic heterocycles. The van der Waals surface area contributed by atoms with Crippen LogP contribution in [0.3, 0.4) is 0 Å². The average Bonchev–Trinajstić information content (AvgIpc) is 2.61. The molecule has 3 aromatic rings. The van der Waals surface area contributed by atoms with Gasteiger partial charge in [0.05, 0.1) is 0 Å². The molecular formula is C18H15FO3SSi. The molecule has 0 aliphatic carbocycles. The van der Waals surface area contributed by atoms with E-state index in [0.717, 1.165) is 0 Å². The molecule has 3 aromatic carbocycles. The Morgan fingerprint density at radius 2 is 0.917 bits per heavy atom. The Labute approximate surface area is 141 Å². The minimum absolute atomic E-state index is 0.656. The molecule has 0 unspecified atom stereocenters. The Morgan fingerprint density at radius 3 is 1.17 bits per heavy atom. The number of hydrogen-bond donors (Lipinski definition) is 0. The highest BCUT2D eigenvalue weighted by Gasteiger charge is 2.46. The van der Waals surface area contributed by atoms with Gasteiger partial charge in [-0.15, -0.1) is 0 Å². The zero-order valence-corrected chi connectivity index (χ0v) is 14.5. The van der Waals surface area contributed by atoms with Crippen molar-refractivity contribution in [3.8, 4) is 0 Å². The largest absolute Gasteiger partial charge is 0.428 e. The molecule has 6 heteroatoms. The van der Waals surface area contributed by atoms with Crippen molar-refractivity contribution in [3.05, 3.63) is 91.0 Å².